The lowest BCUT2D eigenvalue weighted by Gasteiger charge is -2.12. The molecule has 5 N–H and O–H groups in total. The number of halogens is 1. The molecule has 1 aliphatic carbocycles. The Labute approximate surface area is 116 Å². The summed E-state index contributed by atoms with van der Waals surface area (Å²) in [6, 6.07) is 4.39. The van der Waals surface area contributed by atoms with Crippen molar-refractivity contribution >= 4 is 29.1 Å². The van der Waals surface area contributed by atoms with E-state index in [9.17, 15) is 9.59 Å². The maximum absolute atomic E-state index is 11.8. The first-order valence-electron chi connectivity index (χ1n) is 6.12. The molecule has 0 aromatic heterocycles. The van der Waals surface area contributed by atoms with Crippen LogP contribution >= 0.6 is 11.6 Å². The molecule has 0 bridgehead atoms. The average Bonchev–Trinajstić information content (AvgIpc) is 3.15. The summed E-state index contributed by atoms with van der Waals surface area (Å²) in [6.07, 6.45) is 2.43. The Balaban J connectivity index is 2.02. The molecule has 0 radical (unpaired) electrons. The minimum absolute atomic E-state index is 0.113. The molecule has 1 aromatic carbocycles. The van der Waals surface area contributed by atoms with Crippen LogP contribution in [0.1, 0.15) is 29.6 Å². The molecular weight excluding hydrogens is 266 g/mol. The van der Waals surface area contributed by atoms with Crippen molar-refractivity contribution in [1.29, 1.82) is 0 Å². The average molecular weight is 282 g/mol. The zero-order valence-electron chi connectivity index (χ0n) is 10.4. The Morgan fingerprint density at radius 2 is 2.11 bits per heavy atom. The number of anilines is 1. The number of nitrogens with one attached hydrogen (secondary N) is 1. The van der Waals surface area contributed by atoms with Crippen molar-refractivity contribution in [3.05, 3.63) is 28.8 Å². The molecule has 1 saturated carbocycles. The minimum Gasteiger partial charge on any atom is -0.366 e. The number of carbonyl (C=O) groups is 2. The highest BCUT2D eigenvalue weighted by molar-refractivity contribution is 6.33. The monoisotopic (exact) mass is 281 g/mol. The Kier molecular flexibility index (Phi) is 4.07. The highest BCUT2D eigenvalue weighted by Gasteiger charge is 2.29. The number of nitrogens with two attached hydrogens (primary N) is 2. The molecule has 1 aliphatic rings. The number of rotatable bonds is 5. The van der Waals surface area contributed by atoms with Crippen LogP contribution in [0.25, 0.3) is 0 Å². The summed E-state index contributed by atoms with van der Waals surface area (Å²) >= 11 is 5.96. The summed E-state index contributed by atoms with van der Waals surface area (Å²) in [7, 11) is 0. The number of primary amides is 1. The van der Waals surface area contributed by atoms with Gasteiger partial charge in [-0.1, -0.05) is 11.6 Å². The van der Waals surface area contributed by atoms with Gasteiger partial charge >= 0.3 is 0 Å². The van der Waals surface area contributed by atoms with Crippen LogP contribution < -0.4 is 16.8 Å². The van der Waals surface area contributed by atoms with E-state index in [1.54, 1.807) is 0 Å². The van der Waals surface area contributed by atoms with Gasteiger partial charge in [0.15, 0.2) is 0 Å². The van der Waals surface area contributed by atoms with Crippen molar-refractivity contribution in [2.75, 3.05) is 5.32 Å². The second-order valence-electron chi connectivity index (χ2n) is 4.81. The third-order valence-electron chi connectivity index (χ3n) is 3.17. The normalized spacial score (nSPS) is 15.9. The standard InChI is InChI=1S/C13H16ClN3O2/c14-9-4-3-8(13(16)19)5-11(9)17-12(18)6-10(15)7-1-2-7/h3-5,7,10H,1-2,6,15H2,(H2,16,19)(H,17,18). The topological polar surface area (TPSA) is 98.2 Å². The fraction of sp³-hybridized carbons (Fsp3) is 0.385. The van der Waals surface area contributed by atoms with Crippen molar-refractivity contribution in [1.82, 2.24) is 0 Å². The third-order valence-corrected chi connectivity index (χ3v) is 3.50. The van der Waals surface area contributed by atoms with E-state index in [0.717, 1.165) is 12.8 Å². The van der Waals surface area contributed by atoms with Crippen molar-refractivity contribution in [3.8, 4) is 0 Å². The van der Waals surface area contributed by atoms with E-state index in [0.29, 0.717) is 22.2 Å². The van der Waals surface area contributed by atoms with E-state index < -0.39 is 5.91 Å². The lowest BCUT2D eigenvalue weighted by Crippen LogP contribution is -2.29. The summed E-state index contributed by atoms with van der Waals surface area (Å²) < 4.78 is 0. The maximum Gasteiger partial charge on any atom is 0.248 e. The quantitative estimate of drug-likeness (QED) is 0.763. The summed E-state index contributed by atoms with van der Waals surface area (Å²) in [5, 5.41) is 3.02. The molecule has 0 aliphatic heterocycles. The zero-order valence-corrected chi connectivity index (χ0v) is 11.1. The number of hydrogen-bond acceptors (Lipinski definition) is 3. The highest BCUT2D eigenvalue weighted by Crippen LogP contribution is 2.33. The summed E-state index contributed by atoms with van der Waals surface area (Å²) in [6.45, 7) is 0. The molecule has 1 atom stereocenters. The van der Waals surface area contributed by atoms with Crippen LogP contribution in [0, 0.1) is 5.92 Å². The van der Waals surface area contributed by atoms with Gasteiger partial charge in [-0.3, -0.25) is 9.59 Å². The Bertz CT molecular complexity index is 515. The summed E-state index contributed by atoms with van der Waals surface area (Å²) in [5.74, 6) is -0.317. The van der Waals surface area contributed by atoms with Crippen LogP contribution in [-0.4, -0.2) is 17.9 Å². The van der Waals surface area contributed by atoms with E-state index in [4.69, 9.17) is 23.1 Å². The molecule has 5 nitrogen and oxygen atoms in total. The smallest absolute Gasteiger partial charge is 0.248 e. The van der Waals surface area contributed by atoms with Gasteiger partial charge < -0.3 is 16.8 Å². The number of carbonyl (C=O) groups excluding carboxylic acids is 2. The minimum atomic E-state index is -0.568. The first-order valence-corrected chi connectivity index (χ1v) is 6.50. The Morgan fingerprint density at radius 1 is 1.42 bits per heavy atom. The summed E-state index contributed by atoms with van der Waals surface area (Å²) in [5.41, 5.74) is 11.7. The molecule has 2 rings (SSSR count). The lowest BCUT2D eigenvalue weighted by molar-refractivity contribution is -0.116. The van der Waals surface area contributed by atoms with Crippen molar-refractivity contribution in [2.45, 2.75) is 25.3 Å². The maximum atomic E-state index is 11.8. The Hall–Kier alpha value is -1.59. The molecule has 0 heterocycles. The molecule has 2 amide bonds. The lowest BCUT2D eigenvalue weighted by atomic mass is 10.1. The first kappa shape index (κ1) is 13.8. The molecule has 1 unspecified atom stereocenters. The molecule has 102 valence electrons. The van der Waals surface area contributed by atoms with Crippen molar-refractivity contribution in [2.24, 2.45) is 17.4 Å². The van der Waals surface area contributed by atoms with Gasteiger partial charge in [0.25, 0.3) is 0 Å². The van der Waals surface area contributed by atoms with Crippen LogP contribution in [0.4, 0.5) is 5.69 Å². The molecule has 6 heteroatoms. The second-order valence-corrected chi connectivity index (χ2v) is 5.22. The zero-order chi connectivity index (χ0) is 14.0. The van der Waals surface area contributed by atoms with Crippen LogP contribution in [-0.2, 0) is 4.79 Å². The van der Waals surface area contributed by atoms with Crippen LogP contribution in [0.2, 0.25) is 5.02 Å². The second kappa shape index (κ2) is 5.59. The predicted molar refractivity (Wildman–Crippen MR) is 73.9 cm³/mol. The van der Waals surface area contributed by atoms with Gasteiger partial charge in [0.05, 0.1) is 10.7 Å². The van der Waals surface area contributed by atoms with Gasteiger partial charge in [0.2, 0.25) is 11.8 Å². The van der Waals surface area contributed by atoms with Crippen molar-refractivity contribution in [3.63, 3.8) is 0 Å². The Morgan fingerprint density at radius 3 is 2.68 bits per heavy atom. The molecule has 0 spiro atoms. The van der Waals surface area contributed by atoms with Gasteiger partial charge in [0.1, 0.15) is 0 Å². The van der Waals surface area contributed by atoms with E-state index >= 15 is 0 Å². The third kappa shape index (κ3) is 3.68. The predicted octanol–water partition coefficient (Wildman–Crippen LogP) is 1.50. The van der Waals surface area contributed by atoms with Crippen LogP contribution in [0.3, 0.4) is 0 Å². The largest absolute Gasteiger partial charge is 0.366 e. The van der Waals surface area contributed by atoms with Crippen LogP contribution in [0.15, 0.2) is 18.2 Å². The van der Waals surface area contributed by atoms with Crippen molar-refractivity contribution < 1.29 is 9.59 Å². The highest BCUT2D eigenvalue weighted by atomic mass is 35.5. The van der Waals surface area contributed by atoms with E-state index in [1.165, 1.54) is 18.2 Å². The van der Waals surface area contributed by atoms with Gasteiger partial charge in [-0.2, -0.15) is 0 Å². The molecule has 1 fully saturated rings. The fourth-order valence-corrected chi connectivity index (χ4v) is 2.05. The SMILES string of the molecule is NC(=O)c1ccc(Cl)c(NC(=O)CC(N)C2CC2)c1. The van der Waals surface area contributed by atoms with E-state index in [2.05, 4.69) is 5.32 Å². The molecule has 19 heavy (non-hydrogen) atoms. The van der Waals surface area contributed by atoms with Gasteiger partial charge in [-0.15, -0.1) is 0 Å². The van der Waals surface area contributed by atoms with Gasteiger partial charge in [-0.25, -0.2) is 0 Å². The van der Waals surface area contributed by atoms with Gasteiger partial charge in [0, 0.05) is 18.0 Å². The molecule has 0 saturated heterocycles. The molecule has 1 aromatic rings. The van der Waals surface area contributed by atoms with E-state index in [-0.39, 0.29) is 18.4 Å². The van der Waals surface area contributed by atoms with E-state index in [1.807, 2.05) is 0 Å². The molecular formula is C13H16ClN3O2. The number of amides is 2. The first-order chi connectivity index (χ1) is 8.97. The number of hydrogen-bond donors (Lipinski definition) is 3. The van der Waals surface area contributed by atoms with Gasteiger partial charge in [-0.05, 0) is 37.0 Å². The van der Waals surface area contributed by atoms with Crippen LogP contribution in [0.5, 0.6) is 0 Å². The fourth-order valence-electron chi connectivity index (χ4n) is 1.88. The number of benzene rings is 1. The summed E-state index contributed by atoms with van der Waals surface area (Å²) in [4.78, 5) is 22.9.